The van der Waals surface area contributed by atoms with Gasteiger partial charge in [0.25, 0.3) is 0 Å². The Kier molecular flexibility index (Phi) is 4.73. The van der Waals surface area contributed by atoms with Crippen LogP contribution in [0.15, 0.2) is 21.3 Å². The Balaban J connectivity index is 2.01. The predicted molar refractivity (Wildman–Crippen MR) is 78.9 cm³/mol. The molecule has 118 valence electrons. The van der Waals surface area contributed by atoms with Crippen LogP contribution in [0.1, 0.15) is 26.0 Å². The van der Waals surface area contributed by atoms with Crippen molar-refractivity contribution in [3.05, 3.63) is 28.3 Å². The Morgan fingerprint density at radius 2 is 2.14 bits per heavy atom. The van der Waals surface area contributed by atoms with Gasteiger partial charge in [-0.2, -0.15) is 4.31 Å². The zero-order chi connectivity index (χ0) is 15.6. The van der Waals surface area contributed by atoms with E-state index in [1.807, 2.05) is 13.8 Å². The predicted octanol–water partition coefficient (Wildman–Crippen LogP) is 1.39. The number of nitrogens with zero attached hydrogens (tertiary/aromatic N) is 1. The number of hydrogen-bond acceptors (Lipinski definition) is 5. The monoisotopic (exact) mass is 315 g/mol. The molecule has 0 bridgehead atoms. The molecule has 0 aromatic carbocycles. The van der Waals surface area contributed by atoms with E-state index in [1.54, 1.807) is 13.0 Å². The molecule has 1 atom stereocenters. The maximum Gasteiger partial charge on any atom is 0.339 e. The Morgan fingerprint density at radius 1 is 1.43 bits per heavy atom. The van der Waals surface area contributed by atoms with Gasteiger partial charge < -0.3 is 9.15 Å². The first-order valence-corrected chi connectivity index (χ1v) is 8.63. The minimum absolute atomic E-state index is 0.0939. The summed E-state index contributed by atoms with van der Waals surface area (Å²) in [7, 11) is -3.23. The molecular formula is C14H21NO5S. The van der Waals surface area contributed by atoms with E-state index < -0.39 is 15.6 Å². The van der Waals surface area contributed by atoms with Crippen molar-refractivity contribution < 1.29 is 17.6 Å². The first-order chi connectivity index (χ1) is 9.76. The Hall–Kier alpha value is -1.34. The number of hydrogen-bond donors (Lipinski definition) is 0. The summed E-state index contributed by atoms with van der Waals surface area (Å²) in [5.74, 6) is 1.14. The fourth-order valence-electron chi connectivity index (χ4n) is 2.41. The van der Waals surface area contributed by atoms with Gasteiger partial charge in [0.15, 0.2) is 0 Å². The van der Waals surface area contributed by atoms with Crippen molar-refractivity contribution in [2.45, 2.75) is 33.3 Å². The lowest BCUT2D eigenvalue weighted by molar-refractivity contribution is 0.213. The Labute approximate surface area is 124 Å². The molecule has 0 radical (unpaired) electrons. The average molecular weight is 315 g/mol. The van der Waals surface area contributed by atoms with Crippen LogP contribution in [0.25, 0.3) is 0 Å². The summed E-state index contributed by atoms with van der Waals surface area (Å²) in [6, 6.07) is 2.91. The fraction of sp³-hybridized carbons (Fsp3) is 0.643. The molecule has 6 nitrogen and oxygen atoms in total. The van der Waals surface area contributed by atoms with E-state index in [1.165, 1.54) is 10.4 Å². The van der Waals surface area contributed by atoms with Gasteiger partial charge in [0.1, 0.15) is 17.6 Å². The first kappa shape index (κ1) is 16.0. The van der Waals surface area contributed by atoms with Gasteiger partial charge in [0, 0.05) is 12.6 Å². The van der Waals surface area contributed by atoms with Gasteiger partial charge in [-0.25, -0.2) is 13.2 Å². The van der Waals surface area contributed by atoms with E-state index in [9.17, 15) is 13.2 Å². The van der Waals surface area contributed by atoms with Crippen LogP contribution in [0, 0.1) is 12.8 Å². The van der Waals surface area contributed by atoms with Crippen LogP contribution in [0.3, 0.4) is 0 Å². The van der Waals surface area contributed by atoms with Crippen LogP contribution < -0.4 is 10.4 Å². The maximum atomic E-state index is 12.2. The van der Waals surface area contributed by atoms with Crippen molar-refractivity contribution in [2.75, 3.05) is 18.8 Å². The second-order valence-electron chi connectivity index (χ2n) is 5.78. The van der Waals surface area contributed by atoms with E-state index in [2.05, 4.69) is 0 Å². The van der Waals surface area contributed by atoms with E-state index in [0.29, 0.717) is 31.0 Å². The van der Waals surface area contributed by atoms with E-state index in [0.717, 1.165) is 0 Å². The highest BCUT2D eigenvalue weighted by Crippen LogP contribution is 2.21. The second-order valence-corrected chi connectivity index (χ2v) is 7.80. The molecular weight excluding hydrogens is 294 g/mol. The minimum Gasteiger partial charge on any atom is -0.489 e. The molecule has 0 spiro atoms. The number of ether oxygens (including phenoxy) is 1. The molecule has 1 aromatic heterocycles. The van der Waals surface area contributed by atoms with Gasteiger partial charge >= 0.3 is 5.63 Å². The largest absolute Gasteiger partial charge is 0.489 e. The summed E-state index contributed by atoms with van der Waals surface area (Å²) in [6.45, 7) is 6.22. The van der Waals surface area contributed by atoms with E-state index in [4.69, 9.17) is 9.15 Å². The lowest BCUT2D eigenvalue weighted by Crippen LogP contribution is -2.34. The quantitative estimate of drug-likeness (QED) is 0.820. The van der Waals surface area contributed by atoms with E-state index in [-0.39, 0.29) is 17.8 Å². The molecule has 2 rings (SSSR count). The number of rotatable bonds is 5. The van der Waals surface area contributed by atoms with Crippen LogP contribution >= 0.6 is 0 Å². The molecule has 1 aliphatic rings. The topological polar surface area (TPSA) is 76.8 Å². The highest BCUT2D eigenvalue weighted by molar-refractivity contribution is 7.89. The fourth-order valence-corrected chi connectivity index (χ4v) is 4.24. The standard InChI is InChI=1S/C14H21NO5S/c1-10(2)9-21(17,18)15-5-4-12(8-15)20-13-6-11(3)19-14(16)7-13/h6-7,10,12H,4-5,8-9H2,1-3H3. The molecule has 1 unspecified atom stereocenters. The summed E-state index contributed by atoms with van der Waals surface area (Å²) in [5, 5.41) is 0. The Bertz CT molecular complexity index is 650. The smallest absolute Gasteiger partial charge is 0.339 e. The van der Waals surface area contributed by atoms with Crippen LogP contribution in [0.5, 0.6) is 5.75 Å². The van der Waals surface area contributed by atoms with Crippen molar-refractivity contribution in [1.29, 1.82) is 0 Å². The van der Waals surface area contributed by atoms with Crippen LogP contribution in [0.2, 0.25) is 0 Å². The normalized spacial score (nSPS) is 20.1. The van der Waals surface area contributed by atoms with Crippen molar-refractivity contribution in [3.8, 4) is 5.75 Å². The summed E-state index contributed by atoms with van der Waals surface area (Å²) < 4.78 is 36.3. The van der Waals surface area contributed by atoms with Crippen molar-refractivity contribution in [1.82, 2.24) is 4.31 Å². The molecule has 0 aliphatic carbocycles. The summed E-state index contributed by atoms with van der Waals surface area (Å²) >= 11 is 0. The maximum absolute atomic E-state index is 12.2. The van der Waals surface area contributed by atoms with Gasteiger partial charge in [-0.15, -0.1) is 0 Å². The second kappa shape index (κ2) is 6.19. The summed E-state index contributed by atoms with van der Waals surface area (Å²) in [6.07, 6.45) is 0.393. The van der Waals surface area contributed by atoms with Gasteiger partial charge in [0.2, 0.25) is 10.0 Å². The van der Waals surface area contributed by atoms with E-state index >= 15 is 0 Å². The van der Waals surface area contributed by atoms with Gasteiger partial charge in [-0.05, 0) is 19.3 Å². The third-order valence-corrected chi connectivity index (χ3v) is 5.42. The third-order valence-electron chi connectivity index (χ3n) is 3.22. The van der Waals surface area contributed by atoms with Crippen molar-refractivity contribution in [3.63, 3.8) is 0 Å². The molecule has 1 aliphatic heterocycles. The Morgan fingerprint density at radius 3 is 2.76 bits per heavy atom. The molecule has 7 heteroatoms. The van der Waals surface area contributed by atoms with Crippen LogP contribution in [-0.2, 0) is 10.0 Å². The van der Waals surface area contributed by atoms with Gasteiger partial charge in [-0.1, -0.05) is 13.8 Å². The molecule has 1 fully saturated rings. The van der Waals surface area contributed by atoms with Crippen molar-refractivity contribution in [2.24, 2.45) is 5.92 Å². The average Bonchev–Trinajstić information content (AvgIpc) is 2.74. The van der Waals surface area contributed by atoms with Gasteiger partial charge in [0.05, 0.1) is 18.4 Å². The lowest BCUT2D eigenvalue weighted by Gasteiger charge is -2.18. The summed E-state index contributed by atoms with van der Waals surface area (Å²) in [4.78, 5) is 11.3. The molecule has 21 heavy (non-hydrogen) atoms. The molecule has 1 saturated heterocycles. The minimum atomic E-state index is -3.23. The number of sulfonamides is 1. The van der Waals surface area contributed by atoms with Crippen LogP contribution in [-0.4, -0.2) is 37.7 Å². The lowest BCUT2D eigenvalue weighted by atomic mass is 10.3. The zero-order valence-corrected chi connectivity index (χ0v) is 13.4. The molecule has 0 saturated carbocycles. The zero-order valence-electron chi connectivity index (χ0n) is 12.5. The van der Waals surface area contributed by atoms with Crippen molar-refractivity contribution >= 4 is 10.0 Å². The van der Waals surface area contributed by atoms with Gasteiger partial charge in [-0.3, -0.25) is 0 Å². The molecule has 1 aromatic rings. The SMILES string of the molecule is Cc1cc(OC2CCN(S(=O)(=O)CC(C)C)C2)cc(=O)o1. The third kappa shape index (κ3) is 4.31. The molecule has 0 amide bonds. The number of aryl methyl sites for hydroxylation is 1. The highest BCUT2D eigenvalue weighted by Gasteiger charge is 2.32. The first-order valence-electron chi connectivity index (χ1n) is 7.02. The molecule has 2 heterocycles. The summed E-state index contributed by atoms with van der Waals surface area (Å²) in [5.41, 5.74) is -0.465. The van der Waals surface area contributed by atoms with Crippen LogP contribution in [0.4, 0.5) is 0 Å². The highest BCUT2D eigenvalue weighted by atomic mass is 32.2. The molecule has 0 N–H and O–H groups in total.